The maximum absolute atomic E-state index is 12.4. The molecule has 0 bridgehead atoms. The van der Waals surface area contributed by atoms with Gasteiger partial charge in [0.2, 0.25) is 5.13 Å². The predicted molar refractivity (Wildman–Crippen MR) is 36.6 cm³/mol. The smallest absolute Gasteiger partial charge is 0.258 e. The van der Waals surface area contributed by atoms with Crippen molar-refractivity contribution in [3.8, 4) is 0 Å². The van der Waals surface area contributed by atoms with Crippen LogP contribution in [-0.4, -0.2) is 16.1 Å². The van der Waals surface area contributed by atoms with Gasteiger partial charge in [0.1, 0.15) is 5.01 Å². The van der Waals surface area contributed by atoms with E-state index in [-0.39, 0.29) is 11.6 Å². The van der Waals surface area contributed by atoms with Gasteiger partial charge in [0.05, 0.1) is 5.92 Å². The first-order chi connectivity index (χ1) is 5.09. The maximum atomic E-state index is 12.4. The Balaban J connectivity index is 2.20. The van der Waals surface area contributed by atoms with E-state index in [1.54, 1.807) is 0 Å². The summed E-state index contributed by atoms with van der Waals surface area (Å²) < 4.78 is 24.8. The van der Waals surface area contributed by atoms with Crippen LogP contribution in [0.25, 0.3) is 0 Å². The first kappa shape index (κ1) is 6.90. The van der Waals surface area contributed by atoms with Gasteiger partial charge in [0, 0.05) is 6.42 Å². The number of aromatic nitrogens is 2. The summed E-state index contributed by atoms with van der Waals surface area (Å²) in [6.45, 7) is 0. The normalized spacial score (nSPS) is 26.9. The molecule has 6 heteroatoms. The summed E-state index contributed by atoms with van der Waals surface area (Å²) in [7, 11) is 0. The van der Waals surface area contributed by atoms with E-state index in [2.05, 4.69) is 10.2 Å². The predicted octanol–water partition coefficient (Wildman–Crippen LogP) is 1.24. The molecule has 0 aromatic carbocycles. The molecule has 3 nitrogen and oxygen atoms in total. The van der Waals surface area contributed by atoms with E-state index in [1.165, 1.54) is 0 Å². The van der Waals surface area contributed by atoms with Crippen molar-refractivity contribution in [3.63, 3.8) is 0 Å². The van der Waals surface area contributed by atoms with Crippen LogP contribution in [0.3, 0.4) is 0 Å². The van der Waals surface area contributed by atoms with E-state index in [9.17, 15) is 8.78 Å². The second-order valence-electron chi connectivity index (χ2n) is 2.50. The lowest BCUT2D eigenvalue weighted by Crippen LogP contribution is -1.91. The number of nitrogens with zero attached hydrogens (tertiary/aromatic N) is 2. The van der Waals surface area contributed by atoms with Gasteiger partial charge in [0.15, 0.2) is 0 Å². The molecule has 60 valence electrons. The molecule has 1 aromatic rings. The average molecular weight is 177 g/mol. The van der Waals surface area contributed by atoms with Gasteiger partial charge in [-0.25, -0.2) is 8.78 Å². The molecule has 0 aliphatic heterocycles. The van der Waals surface area contributed by atoms with Crippen molar-refractivity contribution >= 4 is 16.5 Å². The minimum atomic E-state index is -2.56. The summed E-state index contributed by atoms with van der Waals surface area (Å²) in [6.07, 6.45) is -0.109. The number of alkyl halides is 2. The van der Waals surface area contributed by atoms with Gasteiger partial charge in [-0.3, -0.25) is 0 Å². The average Bonchev–Trinajstić information content (AvgIpc) is 2.39. The van der Waals surface area contributed by atoms with Crippen LogP contribution in [0.4, 0.5) is 13.9 Å². The van der Waals surface area contributed by atoms with Crippen LogP contribution in [0, 0.1) is 0 Å². The molecule has 11 heavy (non-hydrogen) atoms. The van der Waals surface area contributed by atoms with E-state index < -0.39 is 11.8 Å². The first-order valence-corrected chi connectivity index (χ1v) is 3.88. The highest BCUT2D eigenvalue weighted by Crippen LogP contribution is 2.56. The van der Waals surface area contributed by atoms with E-state index >= 15 is 0 Å². The molecule has 0 amide bonds. The molecule has 2 rings (SSSR count). The van der Waals surface area contributed by atoms with Crippen LogP contribution < -0.4 is 5.73 Å². The third-order valence-electron chi connectivity index (χ3n) is 1.58. The molecular formula is C5H5F2N3S. The molecule has 0 radical (unpaired) electrons. The molecule has 1 fully saturated rings. The highest BCUT2D eigenvalue weighted by molar-refractivity contribution is 7.15. The van der Waals surface area contributed by atoms with Crippen LogP contribution in [0.15, 0.2) is 0 Å². The summed E-state index contributed by atoms with van der Waals surface area (Å²) in [5.74, 6) is -3.29. The van der Waals surface area contributed by atoms with Crippen molar-refractivity contribution in [1.29, 1.82) is 0 Å². The van der Waals surface area contributed by atoms with E-state index in [1.807, 2.05) is 0 Å². The molecule has 1 aliphatic carbocycles. The summed E-state index contributed by atoms with van der Waals surface area (Å²) in [5, 5.41) is 7.60. The van der Waals surface area contributed by atoms with Crippen molar-refractivity contribution in [3.05, 3.63) is 5.01 Å². The van der Waals surface area contributed by atoms with Gasteiger partial charge in [-0.2, -0.15) is 0 Å². The van der Waals surface area contributed by atoms with Crippen molar-refractivity contribution in [2.24, 2.45) is 0 Å². The number of hydrogen-bond acceptors (Lipinski definition) is 4. The molecule has 1 aliphatic rings. The van der Waals surface area contributed by atoms with Crippen molar-refractivity contribution in [2.45, 2.75) is 18.3 Å². The molecule has 1 atom stereocenters. The Labute approximate surface area is 65.2 Å². The molecule has 0 spiro atoms. The van der Waals surface area contributed by atoms with Crippen LogP contribution >= 0.6 is 11.3 Å². The number of nitrogen functional groups attached to an aromatic ring is 1. The molecule has 1 saturated carbocycles. The van der Waals surface area contributed by atoms with Crippen LogP contribution in [0.2, 0.25) is 0 Å². The highest BCUT2D eigenvalue weighted by atomic mass is 32.1. The number of halogens is 2. The number of nitrogens with two attached hydrogens (primary N) is 1. The topological polar surface area (TPSA) is 51.8 Å². The van der Waals surface area contributed by atoms with E-state index in [0.717, 1.165) is 11.3 Å². The lowest BCUT2D eigenvalue weighted by atomic mass is 10.4. The Morgan fingerprint density at radius 3 is 2.55 bits per heavy atom. The van der Waals surface area contributed by atoms with Gasteiger partial charge in [-0.05, 0) is 0 Å². The van der Waals surface area contributed by atoms with Gasteiger partial charge in [0.25, 0.3) is 5.92 Å². The van der Waals surface area contributed by atoms with Crippen molar-refractivity contribution in [1.82, 2.24) is 10.2 Å². The Morgan fingerprint density at radius 2 is 2.18 bits per heavy atom. The second kappa shape index (κ2) is 1.88. The number of hydrogen-bond donors (Lipinski definition) is 1. The fourth-order valence-electron chi connectivity index (χ4n) is 0.869. The van der Waals surface area contributed by atoms with Crippen LogP contribution in [0.1, 0.15) is 17.3 Å². The molecule has 1 aromatic heterocycles. The quantitative estimate of drug-likeness (QED) is 0.702. The van der Waals surface area contributed by atoms with Crippen LogP contribution in [0.5, 0.6) is 0 Å². The Bertz CT molecular complexity index is 285. The highest BCUT2D eigenvalue weighted by Gasteiger charge is 2.59. The summed E-state index contributed by atoms with van der Waals surface area (Å²) >= 11 is 1.04. The fraction of sp³-hybridized carbons (Fsp3) is 0.600. The van der Waals surface area contributed by atoms with Gasteiger partial charge < -0.3 is 5.73 Å². The van der Waals surface area contributed by atoms with Crippen LogP contribution in [-0.2, 0) is 0 Å². The summed E-state index contributed by atoms with van der Waals surface area (Å²) in [5.41, 5.74) is 5.23. The monoisotopic (exact) mass is 177 g/mol. The van der Waals surface area contributed by atoms with E-state index in [0.29, 0.717) is 5.01 Å². The molecule has 2 N–H and O–H groups in total. The first-order valence-electron chi connectivity index (χ1n) is 3.06. The standard InChI is InChI=1S/C5H5F2N3S/c6-5(7)1-2(5)3-9-10-4(8)11-3/h2H,1H2,(H2,8,10). The minimum absolute atomic E-state index is 0.109. The Hall–Kier alpha value is -0.780. The molecule has 0 saturated heterocycles. The maximum Gasteiger partial charge on any atom is 0.258 e. The number of rotatable bonds is 1. The zero-order valence-corrected chi connectivity index (χ0v) is 6.24. The fourth-order valence-corrected chi connectivity index (χ4v) is 1.64. The lowest BCUT2D eigenvalue weighted by molar-refractivity contribution is 0.112. The Kier molecular flexibility index (Phi) is 1.18. The minimum Gasteiger partial charge on any atom is -0.374 e. The molecule has 1 unspecified atom stereocenters. The zero-order valence-electron chi connectivity index (χ0n) is 5.42. The van der Waals surface area contributed by atoms with Gasteiger partial charge in [-0.15, -0.1) is 10.2 Å². The third-order valence-corrected chi connectivity index (χ3v) is 2.45. The summed E-state index contributed by atoms with van der Waals surface area (Å²) in [6, 6.07) is 0. The Morgan fingerprint density at radius 1 is 1.55 bits per heavy atom. The largest absolute Gasteiger partial charge is 0.374 e. The molecular weight excluding hydrogens is 172 g/mol. The lowest BCUT2D eigenvalue weighted by Gasteiger charge is -1.88. The second-order valence-corrected chi connectivity index (χ2v) is 3.54. The van der Waals surface area contributed by atoms with Crippen molar-refractivity contribution < 1.29 is 8.78 Å². The van der Waals surface area contributed by atoms with Gasteiger partial charge >= 0.3 is 0 Å². The van der Waals surface area contributed by atoms with E-state index in [4.69, 9.17) is 5.73 Å². The summed E-state index contributed by atoms with van der Waals surface area (Å²) in [4.78, 5) is 0. The van der Waals surface area contributed by atoms with Gasteiger partial charge in [-0.1, -0.05) is 11.3 Å². The third kappa shape index (κ3) is 1.07. The van der Waals surface area contributed by atoms with Crippen molar-refractivity contribution in [2.75, 3.05) is 5.73 Å². The SMILES string of the molecule is Nc1nnc(C2CC2(F)F)s1. The zero-order chi connectivity index (χ0) is 8.06. The number of anilines is 1. The molecule has 1 heterocycles.